The van der Waals surface area contributed by atoms with Crippen LogP contribution >= 0.6 is 11.6 Å². The van der Waals surface area contributed by atoms with Gasteiger partial charge >= 0.3 is 0 Å². The summed E-state index contributed by atoms with van der Waals surface area (Å²) in [6, 6.07) is 13.5. The molecule has 3 nitrogen and oxygen atoms in total. The van der Waals surface area contributed by atoms with Crippen LogP contribution in [-0.4, -0.2) is 13.2 Å². The molecule has 22 heavy (non-hydrogen) atoms. The van der Waals surface area contributed by atoms with E-state index in [1.54, 1.807) is 7.11 Å². The van der Waals surface area contributed by atoms with Gasteiger partial charge in [0.25, 0.3) is 0 Å². The number of halogens is 1. The summed E-state index contributed by atoms with van der Waals surface area (Å²) in [5, 5.41) is 4.08. The Morgan fingerprint density at radius 1 is 0.955 bits per heavy atom. The van der Waals surface area contributed by atoms with Crippen molar-refractivity contribution in [2.24, 2.45) is 0 Å². The zero-order valence-electron chi connectivity index (χ0n) is 12.6. The number of rotatable bonds is 5. The van der Waals surface area contributed by atoms with Crippen molar-refractivity contribution in [3.05, 3.63) is 47.5 Å². The zero-order chi connectivity index (χ0) is 15.4. The molecule has 0 aromatic heterocycles. The molecule has 1 saturated carbocycles. The first-order chi connectivity index (χ1) is 10.7. The Kier molecular flexibility index (Phi) is 4.74. The minimum absolute atomic E-state index is 0.305. The molecule has 0 unspecified atom stereocenters. The smallest absolute Gasteiger partial charge is 0.163 e. The zero-order valence-corrected chi connectivity index (χ0v) is 13.4. The fraction of sp³-hybridized carbons (Fsp3) is 0.333. The average molecular weight is 318 g/mol. The van der Waals surface area contributed by atoms with Crippen LogP contribution in [0.5, 0.6) is 11.5 Å². The number of ether oxygens (including phenoxy) is 2. The van der Waals surface area contributed by atoms with E-state index in [4.69, 9.17) is 21.1 Å². The van der Waals surface area contributed by atoms with Crippen LogP contribution in [0.4, 0.5) is 11.4 Å². The van der Waals surface area contributed by atoms with Crippen LogP contribution in [0, 0.1) is 0 Å². The molecule has 0 saturated heterocycles. The van der Waals surface area contributed by atoms with Crippen LogP contribution in [-0.2, 0) is 0 Å². The van der Waals surface area contributed by atoms with Crippen molar-refractivity contribution in [3.63, 3.8) is 0 Å². The monoisotopic (exact) mass is 317 g/mol. The van der Waals surface area contributed by atoms with E-state index in [0.29, 0.717) is 6.10 Å². The summed E-state index contributed by atoms with van der Waals surface area (Å²) in [7, 11) is 1.67. The highest BCUT2D eigenvalue weighted by Gasteiger charge is 2.18. The third-order valence-electron chi connectivity index (χ3n) is 3.89. The molecule has 116 valence electrons. The first-order valence-corrected chi connectivity index (χ1v) is 8.00. The van der Waals surface area contributed by atoms with E-state index in [2.05, 4.69) is 5.32 Å². The van der Waals surface area contributed by atoms with E-state index in [1.807, 2.05) is 42.5 Å². The third kappa shape index (κ3) is 3.66. The quantitative estimate of drug-likeness (QED) is 0.799. The normalized spacial score (nSPS) is 14.8. The fourth-order valence-corrected chi connectivity index (χ4v) is 2.86. The third-order valence-corrected chi connectivity index (χ3v) is 4.14. The van der Waals surface area contributed by atoms with Crippen LogP contribution in [0.15, 0.2) is 42.5 Å². The molecule has 0 heterocycles. The van der Waals surface area contributed by atoms with Crippen LogP contribution in [0.25, 0.3) is 0 Å². The second-order valence-corrected chi connectivity index (χ2v) is 5.96. The Labute approximate surface area is 136 Å². The maximum absolute atomic E-state index is 6.11. The number of hydrogen-bond donors (Lipinski definition) is 1. The van der Waals surface area contributed by atoms with Crippen LogP contribution in [0.2, 0.25) is 5.02 Å². The van der Waals surface area contributed by atoms with Gasteiger partial charge in [0.05, 0.1) is 13.2 Å². The Bertz CT molecular complexity index is 621. The highest BCUT2D eigenvalue weighted by Crippen LogP contribution is 2.34. The molecule has 0 radical (unpaired) electrons. The van der Waals surface area contributed by atoms with Crippen LogP contribution in [0.3, 0.4) is 0 Å². The van der Waals surface area contributed by atoms with Gasteiger partial charge in [-0.2, -0.15) is 0 Å². The summed E-state index contributed by atoms with van der Waals surface area (Å²) in [4.78, 5) is 0. The van der Waals surface area contributed by atoms with Gasteiger partial charge in [0.1, 0.15) is 0 Å². The van der Waals surface area contributed by atoms with E-state index in [0.717, 1.165) is 40.7 Å². The molecular formula is C18H20ClNO2. The molecule has 2 aromatic carbocycles. The summed E-state index contributed by atoms with van der Waals surface area (Å²) in [5.41, 5.74) is 1.96. The molecular weight excluding hydrogens is 298 g/mol. The predicted octanol–water partition coefficient (Wildman–Crippen LogP) is 5.41. The van der Waals surface area contributed by atoms with Gasteiger partial charge in [-0.1, -0.05) is 11.6 Å². The summed E-state index contributed by atoms with van der Waals surface area (Å²) in [6.07, 6.45) is 5.04. The maximum Gasteiger partial charge on any atom is 0.163 e. The molecule has 2 aromatic rings. The van der Waals surface area contributed by atoms with Crippen molar-refractivity contribution in [2.45, 2.75) is 31.8 Å². The second kappa shape index (κ2) is 6.93. The lowest BCUT2D eigenvalue weighted by molar-refractivity contribution is 0.201. The van der Waals surface area contributed by atoms with Crippen molar-refractivity contribution in [1.82, 2.24) is 0 Å². The minimum atomic E-state index is 0.305. The molecule has 0 spiro atoms. The summed E-state index contributed by atoms with van der Waals surface area (Å²) in [5.74, 6) is 1.57. The van der Waals surface area contributed by atoms with Crippen molar-refractivity contribution in [2.75, 3.05) is 12.4 Å². The lowest BCUT2D eigenvalue weighted by Crippen LogP contribution is -2.11. The standard InChI is InChI=1S/C18H20ClNO2/c1-21-17-11-10-15(20-14-8-6-13(19)7-9-14)12-18(17)22-16-4-2-3-5-16/h6-12,16,20H,2-5H2,1H3. The van der Waals surface area contributed by atoms with Gasteiger partial charge in [0.15, 0.2) is 11.5 Å². The molecule has 4 heteroatoms. The lowest BCUT2D eigenvalue weighted by Gasteiger charge is -2.17. The number of anilines is 2. The summed E-state index contributed by atoms with van der Waals surface area (Å²) < 4.78 is 11.5. The Morgan fingerprint density at radius 3 is 2.32 bits per heavy atom. The molecule has 0 atom stereocenters. The van der Waals surface area contributed by atoms with Gasteiger partial charge in [-0.05, 0) is 62.1 Å². The molecule has 0 aliphatic heterocycles. The van der Waals surface area contributed by atoms with Gasteiger partial charge in [-0.25, -0.2) is 0 Å². The molecule has 1 aliphatic rings. The average Bonchev–Trinajstić information content (AvgIpc) is 3.03. The molecule has 1 aliphatic carbocycles. The Balaban J connectivity index is 1.78. The van der Waals surface area contributed by atoms with E-state index in [1.165, 1.54) is 12.8 Å². The molecule has 3 rings (SSSR count). The van der Waals surface area contributed by atoms with Crippen LogP contribution in [0.1, 0.15) is 25.7 Å². The summed E-state index contributed by atoms with van der Waals surface area (Å²) >= 11 is 5.91. The van der Waals surface area contributed by atoms with E-state index < -0.39 is 0 Å². The topological polar surface area (TPSA) is 30.5 Å². The van der Waals surface area contributed by atoms with Crippen molar-refractivity contribution < 1.29 is 9.47 Å². The van der Waals surface area contributed by atoms with Crippen molar-refractivity contribution in [3.8, 4) is 11.5 Å². The van der Waals surface area contributed by atoms with E-state index in [-0.39, 0.29) is 0 Å². The van der Waals surface area contributed by atoms with Crippen LogP contribution < -0.4 is 14.8 Å². The highest BCUT2D eigenvalue weighted by molar-refractivity contribution is 6.30. The largest absolute Gasteiger partial charge is 0.493 e. The first-order valence-electron chi connectivity index (χ1n) is 7.62. The lowest BCUT2D eigenvalue weighted by atomic mass is 10.2. The first kappa shape index (κ1) is 15.0. The van der Waals surface area contributed by atoms with Gasteiger partial charge in [0, 0.05) is 22.5 Å². The highest BCUT2D eigenvalue weighted by atomic mass is 35.5. The SMILES string of the molecule is COc1ccc(Nc2ccc(Cl)cc2)cc1OC1CCCC1. The Hall–Kier alpha value is -1.87. The van der Waals surface area contributed by atoms with Gasteiger partial charge in [0.2, 0.25) is 0 Å². The number of nitrogens with one attached hydrogen (secondary N) is 1. The number of hydrogen-bond acceptors (Lipinski definition) is 3. The van der Waals surface area contributed by atoms with Gasteiger partial charge in [-0.3, -0.25) is 0 Å². The molecule has 1 N–H and O–H groups in total. The number of benzene rings is 2. The van der Waals surface area contributed by atoms with Crippen molar-refractivity contribution >= 4 is 23.0 Å². The number of methoxy groups -OCH3 is 1. The van der Waals surface area contributed by atoms with Crippen molar-refractivity contribution in [1.29, 1.82) is 0 Å². The maximum atomic E-state index is 6.11. The Morgan fingerprint density at radius 2 is 1.64 bits per heavy atom. The second-order valence-electron chi connectivity index (χ2n) is 5.52. The van der Waals surface area contributed by atoms with E-state index in [9.17, 15) is 0 Å². The van der Waals surface area contributed by atoms with E-state index >= 15 is 0 Å². The van der Waals surface area contributed by atoms with Gasteiger partial charge in [-0.15, -0.1) is 0 Å². The fourth-order valence-electron chi connectivity index (χ4n) is 2.73. The van der Waals surface area contributed by atoms with Gasteiger partial charge < -0.3 is 14.8 Å². The minimum Gasteiger partial charge on any atom is -0.493 e. The molecule has 0 bridgehead atoms. The molecule has 0 amide bonds. The summed E-state index contributed by atoms with van der Waals surface area (Å²) in [6.45, 7) is 0. The predicted molar refractivity (Wildman–Crippen MR) is 90.6 cm³/mol. The molecule has 1 fully saturated rings.